The van der Waals surface area contributed by atoms with E-state index in [1.54, 1.807) is 18.0 Å². The van der Waals surface area contributed by atoms with Crippen molar-refractivity contribution in [1.29, 1.82) is 0 Å². The van der Waals surface area contributed by atoms with Gasteiger partial charge in [-0.1, -0.05) is 23.9 Å². The summed E-state index contributed by atoms with van der Waals surface area (Å²) >= 11 is 3.13. The molecule has 0 spiro atoms. The smallest absolute Gasteiger partial charge is 0.226 e. The number of thioether (sulfide) groups is 1. The van der Waals surface area contributed by atoms with E-state index < -0.39 is 0 Å². The second-order valence-electron chi connectivity index (χ2n) is 4.84. The first-order valence-electron chi connectivity index (χ1n) is 7.00. The molecule has 0 unspecified atom stereocenters. The van der Waals surface area contributed by atoms with E-state index in [0.29, 0.717) is 11.6 Å². The molecule has 0 saturated heterocycles. The molecule has 0 radical (unpaired) electrons. The molecule has 22 heavy (non-hydrogen) atoms. The molecule has 0 bridgehead atoms. The normalized spacial score (nSPS) is 11.0. The number of hydrogen-bond donors (Lipinski definition) is 2. The quantitative estimate of drug-likeness (QED) is 0.531. The van der Waals surface area contributed by atoms with Crippen molar-refractivity contribution in [3.8, 4) is 0 Å². The Morgan fingerprint density at radius 3 is 3.05 bits per heavy atom. The predicted octanol–water partition coefficient (Wildman–Crippen LogP) is 3.84. The van der Waals surface area contributed by atoms with Crippen LogP contribution in [0.1, 0.15) is 17.7 Å². The lowest BCUT2D eigenvalue weighted by Gasteiger charge is -2.01. The zero-order valence-corrected chi connectivity index (χ0v) is 13.8. The maximum absolute atomic E-state index is 11.8. The Hall–Kier alpha value is -1.86. The van der Waals surface area contributed by atoms with Crippen LogP contribution in [0.3, 0.4) is 0 Å². The molecule has 2 heterocycles. The number of benzene rings is 1. The summed E-state index contributed by atoms with van der Waals surface area (Å²) in [6, 6.07) is 7.96. The number of hydrogen-bond acceptors (Lipinski definition) is 5. The number of aryl methyl sites for hydroxylation is 1. The van der Waals surface area contributed by atoms with Crippen molar-refractivity contribution < 1.29 is 4.79 Å². The van der Waals surface area contributed by atoms with Crippen LogP contribution in [0.2, 0.25) is 0 Å². The van der Waals surface area contributed by atoms with Crippen molar-refractivity contribution >= 4 is 45.2 Å². The van der Waals surface area contributed by atoms with Crippen molar-refractivity contribution in [3.05, 3.63) is 35.3 Å². The maximum Gasteiger partial charge on any atom is 0.226 e. The number of aromatic nitrogens is 3. The van der Waals surface area contributed by atoms with Crippen molar-refractivity contribution in [2.75, 3.05) is 11.1 Å². The fourth-order valence-corrected chi connectivity index (χ4v) is 3.50. The lowest BCUT2D eigenvalue weighted by molar-refractivity contribution is -0.116. The number of thiazole rings is 1. The number of anilines is 1. The highest BCUT2D eigenvalue weighted by molar-refractivity contribution is 7.99. The van der Waals surface area contributed by atoms with Gasteiger partial charge in [-0.2, -0.15) is 0 Å². The van der Waals surface area contributed by atoms with E-state index in [1.807, 2.05) is 31.2 Å². The number of amides is 1. The highest BCUT2D eigenvalue weighted by atomic mass is 32.2. The van der Waals surface area contributed by atoms with Gasteiger partial charge in [0.25, 0.3) is 0 Å². The first kappa shape index (κ1) is 15.1. The Labute approximate surface area is 136 Å². The Balaban J connectivity index is 1.42. The summed E-state index contributed by atoms with van der Waals surface area (Å²) < 4.78 is 0. The van der Waals surface area contributed by atoms with Crippen molar-refractivity contribution in [2.24, 2.45) is 0 Å². The third kappa shape index (κ3) is 3.86. The number of nitrogens with one attached hydrogen (secondary N) is 2. The van der Waals surface area contributed by atoms with Crippen LogP contribution in [0.5, 0.6) is 0 Å². The fraction of sp³-hybridized carbons (Fsp3) is 0.267. The highest BCUT2D eigenvalue weighted by Crippen LogP contribution is 2.21. The molecule has 0 aliphatic carbocycles. The van der Waals surface area contributed by atoms with Crippen LogP contribution in [0.4, 0.5) is 5.13 Å². The van der Waals surface area contributed by atoms with Gasteiger partial charge in [-0.05, 0) is 25.5 Å². The summed E-state index contributed by atoms with van der Waals surface area (Å²) in [6.07, 6.45) is 3.06. The summed E-state index contributed by atoms with van der Waals surface area (Å²) in [7, 11) is 0. The summed E-state index contributed by atoms with van der Waals surface area (Å²) in [5.41, 5.74) is 2.02. The van der Waals surface area contributed by atoms with Gasteiger partial charge in [0.15, 0.2) is 10.3 Å². The minimum Gasteiger partial charge on any atom is -0.333 e. The molecule has 7 heteroatoms. The monoisotopic (exact) mass is 332 g/mol. The molecule has 1 amide bonds. The molecule has 0 atom stereocenters. The van der Waals surface area contributed by atoms with Gasteiger partial charge in [-0.3, -0.25) is 4.79 Å². The Morgan fingerprint density at radius 2 is 2.27 bits per heavy atom. The molecule has 2 N–H and O–H groups in total. The highest BCUT2D eigenvalue weighted by Gasteiger charge is 2.06. The Kier molecular flexibility index (Phi) is 4.74. The van der Waals surface area contributed by atoms with E-state index in [1.165, 1.54) is 11.3 Å². The van der Waals surface area contributed by atoms with E-state index in [9.17, 15) is 4.79 Å². The van der Waals surface area contributed by atoms with Gasteiger partial charge in [-0.25, -0.2) is 9.97 Å². The average molecular weight is 332 g/mol. The van der Waals surface area contributed by atoms with Crippen LogP contribution >= 0.6 is 23.1 Å². The molecule has 2 aromatic heterocycles. The molecular formula is C15H16N4OS2. The van der Waals surface area contributed by atoms with Gasteiger partial charge in [0, 0.05) is 23.2 Å². The molecule has 1 aromatic carbocycles. The minimum absolute atomic E-state index is 0.0135. The second kappa shape index (κ2) is 6.93. The number of para-hydroxylation sites is 2. The number of carbonyl (C=O) groups is 1. The van der Waals surface area contributed by atoms with E-state index in [2.05, 4.69) is 20.3 Å². The van der Waals surface area contributed by atoms with E-state index in [-0.39, 0.29) is 5.91 Å². The number of rotatable bonds is 6. The summed E-state index contributed by atoms with van der Waals surface area (Å²) in [6.45, 7) is 1.97. The maximum atomic E-state index is 11.8. The first-order valence-corrected chi connectivity index (χ1v) is 8.81. The largest absolute Gasteiger partial charge is 0.333 e. The van der Waals surface area contributed by atoms with Crippen LogP contribution in [0, 0.1) is 6.92 Å². The van der Waals surface area contributed by atoms with Gasteiger partial charge < -0.3 is 10.3 Å². The number of fused-ring (bicyclic) bond motifs is 1. The van der Waals surface area contributed by atoms with E-state index in [0.717, 1.165) is 33.2 Å². The van der Waals surface area contributed by atoms with Crippen LogP contribution < -0.4 is 5.32 Å². The molecule has 0 fully saturated rings. The SMILES string of the molecule is Cc1cnc(NC(=O)CCCSc2nc3ccccc3[nH]2)s1. The Morgan fingerprint density at radius 1 is 1.41 bits per heavy atom. The van der Waals surface area contributed by atoms with Gasteiger partial charge >= 0.3 is 0 Å². The number of aromatic amines is 1. The van der Waals surface area contributed by atoms with Gasteiger partial charge in [0.05, 0.1) is 11.0 Å². The summed E-state index contributed by atoms with van der Waals surface area (Å²) in [4.78, 5) is 24.8. The number of nitrogens with zero attached hydrogens (tertiary/aromatic N) is 2. The lowest BCUT2D eigenvalue weighted by Crippen LogP contribution is -2.11. The molecule has 114 valence electrons. The standard InChI is InChI=1S/C15H16N4OS2/c1-10-9-16-14(22-10)19-13(20)7-4-8-21-15-17-11-5-2-3-6-12(11)18-15/h2-3,5-6,9H,4,7-8H2,1H3,(H,17,18)(H,16,19,20). The first-order chi connectivity index (χ1) is 10.7. The third-order valence-corrected chi connectivity index (χ3v) is 4.81. The summed E-state index contributed by atoms with van der Waals surface area (Å²) in [5.74, 6) is 0.865. The second-order valence-corrected chi connectivity index (χ2v) is 7.15. The van der Waals surface area contributed by atoms with E-state index in [4.69, 9.17) is 0 Å². The number of imidazole rings is 1. The predicted molar refractivity (Wildman–Crippen MR) is 91.5 cm³/mol. The summed E-state index contributed by atoms with van der Waals surface area (Å²) in [5, 5.41) is 4.39. The van der Waals surface area contributed by atoms with Crippen LogP contribution in [-0.4, -0.2) is 26.6 Å². The minimum atomic E-state index is 0.0135. The van der Waals surface area contributed by atoms with Crippen molar-refractivity contribution in [2.45, 2.75) is 24.9 Å². The number of carbonyl (C=O) groups excluding carboxylic acids is 1. The fourth-order valence-electron chi connectivity index (χ4n) is 1.99. The average Bonchev–Trinajstić information content (AvgIpc) is 3.09. The topological polar surface area (TPSA) is 70.7 Å². The van der Waals surface area contributed by atoms with Gasteiger partial charge in [0.2, 0.25) is 5.91 Å². The zero-order chi connectivity index (χ0) is 15.4. The molecule has 3 rings (SSSR count). The lowest BCUT2D eigenvalue weighted by atomic mass is 10.3. The molecule has 0 aliphatic heterocycles. The van der Waals surface area contributed by atoms with Gasteiger partial charge in [0.1, 0.15) is 0 Å². The van der Waals surface area contributed by atoms with Crippen LogP contribution in [-0.2, 0) is 4.79 Å². The molecular weight excluding hydrogens is 316 g/mol. The third-order valence-electron chi connectivity index (χ3n) is 3.02. The van der Waals surface area contributed by atoms with Gasteiger partial charge in [-0.15, -0.1) is 11.3 Å². The zero-order valence-electron chi connectivity index (χ0n) is 12.1. The molecule has 0 saturated carbocycles. The van der Waals surface area contributed by atoms with Crippen LogP contribution in [0.15, 0.2) is 35.6 Å². The molecule has 0 aliphatic rings. The van der Waals surface area contributed by atoms with Crippen molar-refractivity contribution in [1.82, 2.24) is 15.0 Å². The van der Waals surface area contributed by atoms with Crippen LogP contribution in [0.25, 0.3) is 11.0 Å². The molecule has 5 nitrogen and oxygen atoms in total. The Bertz CT molecular complexity index is 748. The van der Waals surface area contributed by atoms with E-state index >= 15 is 0 Å². The van der Waals surface area contributed by atoms with Crippen molar-refractivity contribution in [3.63, 3.8) is 0 Å². The number of H-pyrrole nitrogens is 1. The molecule has 3 aromatic rings.